The SMILES string of the molecule is CC1c2nn(C)c(-c3cc(F)c(F)c(F)c3)c2CCN1C(=O)c1cccc2cnn(C)c12. The fourth-order valence-electron chi connectivity index (χ4n) is 4.64. The van der Waals surface area contributed by atoms with E-state index in [1.54, 1.807) is 35.9 Å². The number of fused-ring (bicyclic) bond motifs is 2. The summed E-state index contributed by atoms with van der Waals surface area (Å²) in [6, 6.07) is 7.10. The molecule has 1 aliphatic rings. The van der Waals surface area contributed by atoms with Crippen LogP contribution in [0.5, 0.6) is 0 Å². The number of aromatic nitrogens is 4. The number of carbonyl (C=O) groups is 1. The lowest BCUT2D eigenvalue weighted by Gasteiger charge is -2.33. The molecule has 6 nitrogen and oxygen atoms in total. The van der Waals surface area contributed by atoms with Crippen LogP contribution in [0.15, 0.2) is 36.5 Å². The Hall–Kier alpha value is -3.62. The summed E-state index contributed by atoms with van der Waals surface area (Å²) >= 11 is 0. The normalized spacial score (nSPS) is 15.9. The number of para-hydroxylation sites is 1. The minimum atomic E-state index is -1.50. The van der Waals surface area contributed by atoms with Crippen LogP contribution in [0.1, 0.15) is 34.6 Å². The average Bonchev–Trinajstić information content (AvgIpc) is 3.31. The minimum Gasteiger partial charge on any atom is -0.330 e. The molecule has 32 heavy (non-hydrogen) atoms. The quantitative estimate of drug-likeness (QED) is 0.441. The second-order valence-electron chi connectivity index (χ2n) is 8.03. The fourth-order valence-corrected chi connectivity index (χ4v) is 4.64. The van der Waals surface area contributed by atoms with Crippen molar-refractivity contribution in [3.8, 4) is 11.3 Å². The fraction of sp³-hybridized carbons (Fsp3) is 0.261. The molecule has 0 fully saturated rings. The van der Waals surface area contributed by atoms with Crippen molar-refractivity contribution in [3.05, 3.63) is 70.8 Å². The Morgan fingerprint density at radius 1 is 1.09 bits per heavy atom. The lowest BCUT2D eigenvalue weighted by molar-refractivity contribution is 0.0675. The standard InChI is InChI=1S/C23H20F3N5O/c1-12-20-15(22(30(3)28-20)14-9-17(24)19(26)18(25)10-14)7-8-31(12)23(32)16-6-4-5-13-11-27-29(2)21(13)16/h4-6,9-12H,7-8H2,1-3H3. The minimum absolute atomic E-state index is 0.136. The molecular weight excluding hydrogens is 419 g/mol. The Balaban J connectivity index is 1.55. The highest BCUT2D eigenvalue weighted by atomic mass is 19.2. The number of rotatable bonds is 2. The number of nitrogens with zero attached hydrogens (tertiary/aromatic N) is 5. The predicted octanol–water partition coefficient (Wildman–Crippen LogP) is 4.15. The highest BCUT2D eigenvalue weighted by Crippen LogP contribution is 2.37. The van der Waals surface area contributed by atoms with Crippen LogP contribution < -0.4 is 0 Å². The largest absolute Gasteiger partial charge is 0.330 e. The molecule has 1 atom stereocenters. The van der Waals surface area contributed by atoms with Crippen LogP contribution >= 0.6 is 0 Å². The van der Waals surface area contributed by atoms with Crippen molar-refractivity contribution in [3.63, 3.8) is 0 Å². The predicted molar refractivity (Wildman–Crippen MR) is 112 cm³/mol. The number of hydrogen-bond acceptors (Lipinski definition) is 3. The molecule has 3 heterocycles. The maximum atomic E-state index is 13.9. The van der Waals surface area contributed by atoms with E-state index in [9.17, 15) is 18.0 Å². The molecule has 0 spiro atoms. The molecule has 2 aromatic carbocycles. The summed E-state index contributed by atoms with van der Waals surface area (Å²) in [6.07, 6.45) is 2.17. The van der Waals surface area contributed by atoms with Gasteiger partial charge in [0.25, 0.3) is 5.91 Å². The Morgan fingerprint density at radius 3 is 2.53 bits per heavy atom. The van der Waals surface area contributed by atoms with Gasteiger partial charge in [0, 0.05) is 37.2 Å². The van der Waals surface area contributed by atoms with Crippen LogP contribution in [-0.4, -0.2) is 36.9 Å². The van der Waals surface area contributed by atoms with Crippen LogP contribution in [0.3, 0.4) is 0 Å². The van der Waals surface area contributed by atoms with Crippen LogP contribution in [-0.2, 0) is 20.5 Å². The summed E-state index contributed by atoms with van der Waals surface area (Å²) in [5.41, 5.74) is 3.50. The first-order valence-corrected chi connectivity index (χ1v) is 10.2. The van der Waals surface area contributed by atoms with E-state index in [0.29, 0.717) is 29.9 Å². The van der Waals surface area contributed by atoms with Gasteiger partial charge in [-0.15, -0.1) is 0 Å². The highest BCUT2D eigenvalue weighted by Gasteiger charge is 2.34. The van der Waals surface area contributed by atoms with Crippen molar-refractivity contribution in [2.75, 3.05) is 6.54 Å². The monoisotopic (exact) mass is 439 g/mol. The van der Waals surface area contributed by atoms with E-state index >= 15 is 0 Å². The summed E-state index contributed by atoms with van der Waals surface area (Å²) in [6.45, 7) is 2.29. The number of carbonyl (C=O) groups excluding carboxylic acids is 1. The van der Waals surface area contributed by atoms with Gasteiger partial charge in [0.1, 0.15) is 0 Å². The molecule has 1 amide bonds. The van der Waals surface area contributed by atoms with E-state index in [-0.39, 0.29) is 17.5 Å². The summed E-state index contributed by atoms with van der Waals surface area (Å²) < 4.78 is 44.4. The van der Waals surface area contributed by atoms with E-state index in [1.807, 2.05) is 19.1 Å². The third-order valence-corrected chi connectivity index (χ3v) is 6.15. The number of aryl methyl sites for hydroxylation is 2. The van der Waals surface area contributed by atoms with Gasteiger partial charge in [-0.05, 0) is 31.5 Å². The van der Waals surface area contributed by atoms with E-state index < -0.39 is 17.5 Å². The maximum absolute atomic E-state index is 13.9. The van der Waals surface area contributed by atoms with Crippen LogP contribution in [0.25, 0.3) is 22.2 Å². The Kier molecular flexibility index (Phi) is 4.58. The topological polar surface area (TPSA) is 56.0 Å². The van der Waals surface area contributed by atoms with E-state index in [2.05, 4.69) is 10.2 Å². The second-order valence-corrected chi connectivity index (χ2v) is 8.03. The average molecular weight is 439 g/mol. The van der Waals surface area contributed by atoms with Gasteiger partial charge in [0.2, 0.25) is 0 Å². The molecule has 0 aliphatic carbocycles. The molecule has 0 radical (unpaired) electrons. The molecule has 9 heteroatoms. The summed E-state index contributed by atoms with van der Waals surface area (Å²) in [4.78, 5) is 15.2. The number of amides is 1. The van der Waals surface area contributed by atoms with Crippen LogP contribution in [0, 0.1) is 17.5 Å². The lowest BCUT2D eigenvalue weighted by atomic mass is 9.94. The zero-order valence-electron chi connectivity index (χ0n) is 17.7. The first-order valence-electron chi connectivity index (χ1n) is 10.2. The molecule has 1 unspecified atom stereocenters. The summed E-state index contributed by atoms with van der Waals surface area (Å²) in [5, 5.41) is 9.68. The van der Waals surface area contributed by atoms with Crippen molar-refractivity contribution in [2.45, 2.75) is 19.4 Å². The molecule has 5 rings (SSSR count). The van der Waals surface area contributed by atoms with Crippen molar-refractivity contribution < 1.29 is 18.0 Å². The molecule has 4 aromatic rings. The second kappa shape index (κ2) is 7.22. The van der Waals surface area contributed by atoms with Gasteiger partial charge < -0.3 is 4.90 Å². The van der Waals surface area contributed by atoms with Gasteiger partial charge in [-0.2, -0.15) is 10.2 Å². The highest BCUT2D eigenvalue weighted by molar-refractivity contribution is 6.05. The smallest absolute Gasteiger partial charge is 0.256 e. The lowest BCUT2D eigenvalue weighted by Crippen LogP contribution is -2.39. The molecule has 0 saturated heterocycles. The third-order valence-electron chi connectivity index (χ3n) is 6.15. The molecule has 1 aliphatic heterocycles. The first kappa shape index (κ1) is 20.3. The van der Waals surface area contributed by atoms with Gasteiger partial charge >= 0.3 is 0 Å². The van der Waals surface area contributed by atoms with E-state index in [0.717, 1.165) is 28.6 Å². The summed E-state index contributed by atoms with van der Waals surface area (Å²) in [5.74, 6) is -4.14. The Morgan fingerprint density at radius 2 is 1.81 bits per heavy atom. The van der Waals surface area contributed by atoms with Crippen molar-refractivity contribution in [2.24, 2.45) is 14.1 Å². The van der Waals surface area contributed by atoms with Crippen molar-refractivity contribution in [1.29, 1.82) is 0 Å². The van der Waals surface area contributed by atoms with Gasteiger partial charge in [0.05, 0.1) is 34.7 Å². The molecule has 2 aromatic heterocycles. The maximum Gasteiger partial charge on any atom is 0.256 e. The zero-order valence-corrected chi connectivity index (χ0v) is 17.7. The molecular formula is C23H20F3N5O. The van der Waals surface area contributed by atoms with Gasteiger partial charge in [-0.25, -0.2) is 13.2 Å². The third kappa shape index (κ3) is 2.91. The number of halogens is 3. The molecule has 0 saturated carbocycles. The van der Waals surface area contributed by atoms with Crippen molar-refractivity contribution in [1.82, 2.24) is 24.5 Å². The number of benzene rings is 2. The van der Waals surface area contributed by atoms with E-state index in [4.69, 9.17) is 0 Å². The van der Waals surface area contributed by atoms with E-state index in [1.165, 1.54) is 4.68 Å². The van der Waals surface area contributed by atoms with Crippen molar-refractivity contribution >= 4 is 16.8 Å². The van der Waals surface area contributed by atoms with Crippen LogP contribution in [0.2, 0.25) is 0 Å². The zero-order chi connectivity index (χ0) is 22.7. The molecule has 0 N–H and O–H groups in total. The Bertz CT molecular complexity index is 1370. The Labute approximate surface area is 181 Å². The molecule has 164 valence electrons. The van der Waals surface area contributed by atoms with Gasteiger partial charge in [-0.3, -0.25) is 14.2 Å². The first-order chi connectivity index (χ1) is 15.3. The number of hydrogen-bond donors (Lipinski definition) is 0. The van der Waals surface area contributed by atoms with Crippen LogP contribution in [0.4, 0.5) is 13.2 Å². The molecule has 0 bridgehead atoms. The van der Waals surface area contributed by atoms with Gasteiger partial charge in [0.15, 0.2) is 17.5 Å². The summed E-state index contributed by atoms with van der Waals surface area (Å²) in [7, 11) is 3.46. The van der Waals surface area contributed by atoms with Gasteiger partial charge in [-0.1, -0.05) is 12.1 Å².